The summed E-state index contributed by atoms with van der Waals surface area (Å²) < 4.78 is 18.3. The van der Waals surface area contributed by atoms with Gasteiger partial charge in [-0.2, -0.15) is 9.90 Å². The molecule has 144 valence electrons. The van der Waals surface area contributed by atoms with Gasteiger partial charge in [-0.1, -0.05) is 43.3 Å². The Hall–Kier alpha value is -3.06. The van der Waals surface area contributed by atoms with Crippen LogP contribution in [0, 0.1) is 5.82 Å². The molecule has 0 saturated carbocycles. The quantitative estimate of drug-likeness (QED) is 0.714. The molecule has 1 aromatic heterocycles. The molecule has 1 amide bonds. The van der Waals surface area contributed by atoms with Crippen molar-refractivity contribution in [2.75, 3.05) is 18.5 Å². The van der Waals surface area contributed by atoms with E-state index in [1.54, 1.807) is 12.1 Å². The predicted octanol–water partition coefficient (Wildman–Crippen LogP) is 2.93. The molecule has 4 rings (SSSR count). The first-order valence-corrected chi connectivity index (χ1v) is 9.12. The van der Waals surface area contributed by atoms with Gasteiger partial charge < -0.3 is 10.1 Å². The van der Waals surface area contributed by atoms with E-state index in [1.807, 2.05) is 12.1 Å². The number of nitrogens with one attached hydrogen (secondary N) is 1. The highest BCUT2D eigenvalue weighted by Gasteiger charge is 2.34. The van der Waals surface area contributed by atoms with E-state index in [0.29, 0.717) is 12.4 Å². The van der Waals surface area contributed by atoms with E-state index in [2.05, 4.69) is 34.6 Å². The summed E-state index contributed by atoms with van der Waals surface area (Å²) >= 11 is 0. The summed E-state index contributed by atoms with van der Waals surface area (Å²) in [4.78, 5) is 13.7. The number of aromatic nitrogens is 3. The SMILES string of the molecule is CC1(c2ccc(CC(=O)Nc3cnn(Cc4ccc(F)cc4)n3)cc2)COC1. The van der Waals surface area contributed by atoms with Crippen molar-refractivity contribution in [2.45, 2.75) is 25.3 Å². The maximum absolute atomic E-state index is 13.0. The van der Waals surface area contributed by atoms with Crippen LogP contribution >= 0.6 is 0 Å². The van der Waals surface area contributed by atoms with Gasteiger partial charge in [0.25, 0.3) is 0 Å². The van der Waals surface area contributed by atoms with Crippen LogP contribution in [0.3, 0.4) is 0 Å². The molecule has 0 spiro atoms. The molecule has 1 N–H and O–H groups in total. The lowest BCUT2D eigenvalue weighted by Crippen LogP contribution is -2.43. The van der Waals surface area contributed by atoms with Gasteiger partial charge >= 0.3 is 0 Å². The van der Waals surface area contributed by atoms with Crippen molar-refractivity contribution in [3.63, 3.8) is 0 Å². The van der Waals surface area contributed by atoms with E-state index >= 15 is 0 Å². The summed E-state index contributed by atoms with van der Waals surface area (Å²) in [7, 11) is 0. The lowest BCUT2D eigenvalue weighted by molar-refractivity contribution is -0.115. The number of carbonyl (C=O) groups excluding carboxylic acids is 1. The van der Waals surface area contributed by atoms with E-state index in [1.165, 1.54) is 28.7 Å². The molecule has 3 aromatic rings. The third-order valence-electron chi connectivity index (χ3n) is 4.90. The highest BCUT2D eigenvalue weighted by Crippen LogP contribution is 2.31. The summed E-state index contributed by atoms with van der Waals surface area (Å²) in [6.45, 7) is 4.05. The van der Waals surface area contributed by atoms with Crippen molar-refractivity contribution < 1.29 is 13.9 Å². The lowest BCUT2D eigenvalue weighted by atomic mass is 9.80. The van der Waals surface area contributed by atoms with Gasteiger partial charge in [0.15, 0.2) is 5.82 Å². The maximum atomic E-state index is 13.0. The lowest BCUT2D eigenvalue weighted by Gasteiger charge is -2.38. The van der Waals surface area contributed by atoms with Crippen molar-refractivity contribution in [3.8, 4) is 0 Å². The van der Waals surface area contributed by atoms with Crippen LogP contribution in [-0.2, 0) is 27.9 Å². The second kappa shape index (κ2) is 7.52. The Labute approximate surface area is 162 Å². The fourth-order valence-corrected chi connectivity index (χ4v) is 3.16. The van der Waals surface area contributed by atoms with Gasteiger partial charge in [0.05, 0.1) is 32.4 Å². The number of benzene rings is 2. The van der Waals surface area contributed by atoms with E-state index in [9.17, 15) is 9.18 Å². The molecular weight excluding hydrogens is 359 g/mol. The van der Waals surface area contributed by atoms with Crippen LogP contribution in [0.2, 0.25) is 0 Å². The first kappa shape index (κ1) is 18.3. The number of rotatable bonds is 6. The van der Waals surface area contributed by atoms with Crippen LogP contribution in [0.25, 0.3) is 0 Å². The fraction of sp³-hybridized carbons (Fsp3) is 0.286. The van der Waals surface area contributed by atoms with Crippen molar-refractivity contribution in [3.05, 3.63) is 77.2 Å². The Morgan fingerprint density at radius 3 is 2.46 bits per heavy atom. The molecular formula is C21H21FN4O2. The zero-order valence-electron chi connectivity index (χ0n) is 15.6. The van der Waals surface area contributed by atoms with Crippen molar-refractivity contribution in [2.24, 2.45) is 0 Å². The molecule has 0 aliphatic carbocycles. The predicted molar refractivity (Wildman–Crippen MR) is 102 cm³/mol. The Balaban J connectivity index is 1.32. The van der Waals surface area contributed by atoms with E-state index < -0.39 is 0 Å². The zero-order valence-corrected chi connectivity index (χ0v) is 15.6. The van der Waals surface area contributed by atoms with Gasteiger partial charge in [-0.3, -0.25) is 4.79 Å². The van der Waals surface area contributed by atoms with Crippen LogP contribution in [0.4, 0.5) is 10.2 Å². The number of carbonyl (C=O) groups is 1. The molecule has 0 bridgehead atoms. The number of hydrogen-bond donors (Lipinski definition) is 1. The Morgan fingerprint density at radius 2 is 1.82 bits per heavy atom. The molecule has 1 saturated heterocycles. The number of amides is 1. The average molecular weight is 380 g/mol. The zero-order chi connectivity index (χ0) is 19.6. The van der Waals surface area contributed by atoms with Crippen LogP contribution in [0.1, 0.15) is 23.6 Å². The Morgan fingerprint density at radius 1 is 1.14 bits per heavy atom. The standard InChI is InChI=1S/C21H21FN4O2/c1-21(13-28-14-21)17-6-2-15(3-7-17)10-20(27)24-19-11-23-26(25-19)12-16-4-8-18(22)9-5-16/h2-9,11H,10,12-14H2,1H3,(H,24,25,27). The molecule has 1 aliphatic heterocycles. The Bertz CT molecular complexity index is 963. The molecule has 0 atom stereocenters. The van der Waals surface area contributed by atoms with Gasteiger partial charge in [-0.15, -0.1) is 5.10 Å². The van der Waals surface area contributed by atoms with Gasteiger partial charge in [0, 0.05) is 5.41 Å². The van der Waals surface area contributed by atoms with Crippen molar-refractivity contribution in [1.29, 1.82) is 0 Å². The molecule has 1 aliphatic rings. The van der Waals surface area contributed by atoms with Crippen LogP contribution in [0.5, 0.6) is 0 Å². The number of ether oxygens (including phenoxy) is 1. The number of halogens is 1. The third-order valence-corrected chi connectivity index (χ3v) is 4.90. The van der Waals surface area contributed by atoms with Crippen molar-refractivity contribution in [1.82, 2.24) is 15.0 Å². The van der Waals surface area contributed by atoms with E-state index in [4.69, 9.17) is 4.74 Å². The summed E-state index contributed by atoms with van der Waals surface area (Å²) in [6.07, 6.45) is 1.76. The first-order valence-electron chi connectivity index (χ1n) is 9.12. The summed E-state index contributed by atoms with van der Waals surface area (Å²) in [6, 6.07) is 14.2. The minimum absolute atomic E-state index is 0.0871. The molecule has 6 nitrogen and oxygen atoms in total. The van der Waals surface area contributed by atoms with Gasteiger partial charge in [0.1, 0.15) is 5.82 Å². The van der Waals surface area contributed by atoms with Crippen LogP contribution < -0.4 is 5.32 Å². The molecule has 1 fully saturated rings. The monoisotopic (exact) mass is 380 g/mol. The second-order valence-corrected chi connectivity index (χ2v) is 7.36. The first-order chi connectivity index (χ1) is 13.5. The normalized spacial score (nSPS) is 15.1. The maximum Gasteiger partial charge on any atom is 0.230 e. The highest BCUT2D eigenvalue weighted by atomic mass is 19.1. The largest absolute Gasteiger partial charge is 0.379 e. The molecule has 2 aromatic carbocycles. The summed E-state index contributed by atoms with van der Waals surface area (Å²) in [5.74, 6) is -0.0454. The van der Waals surface area contributed by atoms with Crippen LogP contribution in [0.15, 0.2) is 54.7 Å². The van der Waals surface area contributed by atoms with Crippen LogP contribution in [-0.4, -0.2) is 34.1 Å². The van der Waals surface area contributed by atoms with E-state index in [0.717, 1.165) is 24.3 Å². The molecule has 28 heavy (non-hydrogen) atoms. The van der Waals surface area contributed by atoms with Gasteiger partial charge in [0.2, 0.25) is 5.91 Å². The summed E-state index contributed by atoms with van der Waals surface area (Å²) in [5.41, 5.74) is 3.13. The highest BCUT2D eigenvalue weighted by molar-refractivity contribution is 5.91. The molecule has 7 heteroatoms. The minimum Gasteiger partial charge on any atom is -0.379 e. The van der Waals surface area contributed by atoms with E-state index in [-0.39, 0.29) is 23.6 Å². The fourth-order valence-electron chi connectivity index (χ4n) is 3.16. The smallest absolute Gasteiger partial charge is 0.230 e. The van der Waals surface area contributed by atoms with Gasteiger partial charge in [-0.25, -0.2) is 4.39 Å². The third kappa shape index (κ3) is 4.09. The minimum atomic E-state index is -0.284. The molecule has 2 heterocycles. The number of nitrogens with zero attached hydrogens (tertiary/aromatic N) is 3. The summed E-state index contributed by atoms with van der Waals surface area (Å²) in [5, 5.41) is 11.1. The van der Waals surface area contributed by atoms with Gasteiger partial charge in [-0.05, 0) is 28.8 Å². The topological polar surface area (TPSA) is 69.0 Å². The second-order valence-electron chi connectivity index (χ2n) is 7.36. The average Bonchev–Trinajstić information content (AvgIpc) is 3.09. The van der Waals surface area contributed by atoms with Crippen molar-refractivity contribution >= 4 is 11.7 Å². The molecule has 0 unspecified atom stereocenters. The Kier molecular flexibility index (Phi) is 4.92. The number of hydrogen-bond acceptors (Lipinski definition) is 4. The number of anilines is 1. The molecule has 0 radical (unpaired) electrons.